The van der Waals surface area contributed by atoms with Gasteiger partial charge >= 0.3 is 135 Å². The van der Waals surface area contributed by atoms with Crippen molar-refractivity contribution in [2.24, 2.45) is 0 Å². The van der Waals surface area contributed by atoms with E-state index < -0.39 is 16.5 Å². The summed E-state index contributed by atoms with van der Waals surface area (Å²) in [5.41, 5.74) is 0. The van der Waals surface area contributed by atoms with Crippen LogP contribution in [0.5, 0.6) is 0 Å². The molecule has 0 unspecified atom stereocenters. The van der Waals surface area contributed by atoms with E-state index in [0.717, 1.165) is 0 Å². The summed E-state index contributed by atoms with van der Waals surface area (Å²) >= 11 is -2.39. The Morgan fingerprint density at radius 1 is 0.545 bits per heavy atom. The number of carbonyl (C=O) groups excluding carboxylic acids is 6. The summed E-state index contributed by atoms with van der Waals surface area (Å²) < 4.78 is 0. The first-order valence-corrected chi connectivity index (χ1v) is 11.7. The first-order valence-electron chi connectivity index (χ1n) is 6.61. The fraction of sp³-hybridized carbons (Fsp3) is 0.600. The van der Waals surface area contributed by atoms with Crippen LogP contribution in [-0.2, 0) is 45.3 Å². The third kappa shape index (κ3) is 11.3. The van der Waals surface area contributed by atoms with E-state index in [1.807, 2.05) is 0 Å². The Morgan fingerprint density at radius 2 is 0.773 bits per heavy atom. The number of ketones is 6. The van der Waals surface area contributed by atoms with Crippen LogP contribution in [-0.4, -0.2) is 34.7 Å². The van der Waals surface area contributed by atoms with Crippen molar-refractivity contribution in [1.29, 1.82) is 0 Å². The second-order valence-corrected chi connectivity index (χ2v) is 11.2. The van der Waals surface area contributed by atoms with Gasteiger partial charge in [-0.1, -0.05) is 0 Å². The van der Waals surface area contributed by atoms with E-state index >= 15 is 0 Å². The van der Waals surface area contributed by atoms with Crippen LogP contribution in [0, 0.1) is 0 Å². The standard InChI is InChI=1S/3C5H7O2.Ir/c3*1-4(6)3-5(2)7;/h3*1,3H2,2H3;. The van der Waals surface area contributed by atoms with Crippen molar-refractivity contribution in [2.75, 3.05) is 0 Å². The van der Waals surface area contributed by atoms with Gasteiger partial charge in [0.25, 0.3) is 0 Å². The SMILES string of the molecule is CC(=O)CC(=O)[CH2][Ir]([CH2]C(=O)CC(C)=O)[CH2]C(=O)CC(C)=O. The summed E-state index contributed by atoms with van der Waals surface area (Å²) in [6.45, 7) is 3.91. The summed E-state index contributed by atoms with van der Waals surface area (Å²) in [7, 11) is 0. The third-order valence-corrected chi connectivity index (χ3v) is 8.66. The van der Waals surface area contributed by atoms with Crippen molar-refractivity contribution < 1.29 is 45.3 Å². The predicted octanol–water partition coefficient (Wildman–Crippen LogP) is 1.50. The molecular weight excluding hydrogens is 468 g/mol. The first kappa shape index (κ1) is 20.7. The average Bonchev–Trinajstić information content (AvgIpc) is 2.23. The van der Waals surface area contributed by atoms with Crippen molar-refractivity contribution in [1.82, 2.24) is 0 Å². The van der Waals surface area contributed by atoms with E-state index in [-0.39, 0.29) is 68.8 Å². The summed E-state index contributed by atoms with van der Waals surface area (Å²) in [5.74, 6) is -1.58. The average molecular weight is 490 g/mol. The molecule has 0 rings (SSSR count). The Labute approximate surface area is 135 Å². The molecule has 0 saturated heterocycles. The van der Waals surface area contributed by atoms with E-state index in [4.69, 9.17) is 0 Å². The molecule has 6 nitrogen and oxygen atoms in total. The number of rotatable bonds is 12. The van der Waals surface area contributed by atoms with Gasteiger partial charge in [0, 0.05) is 0 Å². The van der Waals surface area contributed by atoms with Crippen molar-refractivity contribution in [3.63, 3.8) is 0 Å². The molecular formula is C15H21IrO6. The van der Waals surface area contributed by atoms with Gasteiger partial charge in [0.05, 0.1) is 0 Å². The second kappa shape index (κ2) is 10.4. The van der Waals surface area contributed by atoms with E-state index in [0.29, 0.717) is 0 Å². The zero-order valence-electron chi connectivity index (χ0n) is 13.0. The van der Waals surface area contributed by atoms with E-state index in [9.17, 15) is 28.8 Å². The molecule has 0 N–H and O–H groups in total. The monoisotopic (exact) mass is 490 g/mol. The molecule has 0 radical (unpaired) electrons. The van der Waals surface area contributed by atoms with Gasteiger partial charge < -0.3 is 0 Å². The molecule has 0 amide bonds. The maximum atomic E-state index is 11.7. The van der Waals surface area contributed by atoms with Crippen LogP contribution in [0.3, 0.4) is 0 Å². The number of hydrogen-bond donors (Lipinski definition) is 0. The first-order chi connectivity index (χ1) is 10.1. The molecule has 7 heteroatoms. The van der Waals surface area contributed by atoms with Crippen LogP contribution >= 0.6 is 0 Å². The van der Waals surface area contributed by atoms with Crippen molar-refractivity contribution in [3.8, 4) is 0 Å². The van der Waals surface area contributed by atoms with Gasteiger partial charge in [-0.2, -0.15) is 0 Å². The molecule has 0 atom stereocenters. The quantitative estimate of drug-likeness (QED) is 0.385. The minimum atomic E-state index is -2.39. The zero-order valence-corrected chi connectivity index (χ0v) is 15.4. The summed E-state index contributed by atoms with van der Waals surface area (Å²) in [6, 6.07) is 0. The maximum absolute atomic E-state index is 11.7. The Morgan fingerprint density at radius 3 is 0.955 bits per heavy atom. The van der Waals surface area contributed by atoms with Gasteiger partial charge in [0.15, 0.2) is 0 Å². The fourth-order valence-corrected chi connectivity index (χ4v) is 7.44. The Balaban J connectivity index is 4.74. The van der Waals surface area contributed by atoms with Crippen LogP contribution in [0.4, 0.5) is 0 Å². The Bertz CT molecular complexity index is 423. The molecule has 0 spiro atoms. The normalized spacial score (nSPS) is 10.8. The van der Waals surface area contributed by atoms with Gasteiger partial charge in [0.1, 0.15) is 0 Å². The Kier molecular flexibility index (Phi) is 9.78. The van der Waals surface area contributed by atoms with Crippen LogP contribution in [0.25, 0.3) is 0 Å². The summed E-state index contributed by atoms with van der Waals surface area (Å²) in [6.07, 6.45) is -0.588. The molecule has 0 fully saturated rings. The number of Topliss-reactive ketones (excluding diaryl/α,β-unsaturated/α-hetero) is 6. The number of hydrogen-bond acceptors (Lipinski definition) is 6. The summed E-state index contributed by atoms with van der Waals surface area (Å²) in [5, 5.41) is 0. The van der Waals surface area contributed by atoms with Crippen molar-refractivity contribution in [2.45, 2.75) is 54.8 Å². The Hall–Kier alpha value is -1.33. The molecule has 0 aromatic rings. The van der Waals surface area contributed by atoms with Crippen molar-refractivity contribution in [3.05, 3.63) is 0 Å². The number of carbonyl (C=O) groups is 6. The molecule has 0 heterocycles. The van der Waals surface area contributed by atoms with Crippen LogP contribution in [0.2, 0.25) is 14.8 Å². The molecule has 0 saturated carbocycles. The molecule has 0 aliphatic carbocycles. The van der Waals surface area contributed by atoms with Crippen LogP contribution < -0.4 is 0 Å². The summed E-state index contributed by atoms with van der Waals surface area (Å²) in [4.78, 5) is 68.3. The van der Waals surface area contributed by atoms with Gasteiger partial charge in [-0.05, 0) is 0 Å². The molecule has 0 aliphatic rings. The van der Waals surface area contributed by atoms with Gasteiger partial charge in [-0.3, -0.25) is 0 Å². The molecule has 0 aromatic heterocycles. The molecule has 0 aliphatic heterocycles. The zero-order chi connectivity index (χ0) is 17.3. The third-order valence-electron chi connectivity index (χ3n) is 2.23. The van der Waals surface area contributed by atoms with Crippen molar-refractivity contribution >= 4 is 34.7 Å². The van der Waals surface area contributed by atoms with E-state index in [1.165, 1.54) is 20.8 Å². The van der Waals surface area contributed by atoms with Crippen LogP contribution in [0.15, 0.2) is 0 Å². The second-order valence-electron chi connectivity index (χ2n) is 5.11. The van der Waals surface area contributed by atoms with E-state index in [2.05, 4.69) is 0 Å². The fourth-order valence-electron chi connectivity index (χ4n) is 1.64. The topological polar surface area (TPSA) is 102 Å². The van der Waals surface area contributed by atoms with Gasteiger partial charge in [-0.25, -0.2) is 0 Å². The van der Waals surface area contributed by atoms with E-state index in [1.54, 1.807) is 0 Å². The minimum absolute atomic E-state index is 0.0901. The molecule has 22 heavy (non-hydrogen) atoms. The molecule has 0 aromatic carbocycles. The predicted molar refractivity (Wildman–Crippen MR) is 75.3 cm³/mol. The van der Waals surface area contributed by atoms with Gasteiger partial charge in [-0.15, -0.1) is 0 Å². The molecule has 0 bridgehead atoms. The van der Waals surface area contributed by atoms with Gasteiger partial charge in [0.2, 0.25) is 0 Å². The molecule has 126 valence electrons. The van der Waals surface area contributed by atoms with Crippen LogP contribution in [0.1, 0.15) is 40.0 Å².